The molecule has 0 atom stereocenters. The number of nitrogens with zero attached hydrogens (tertiary/aromatic N) is 1. The Kier molecular flexibility index (Phi) is 2.13. The predicted molar refractivity (Wildman–Crippen MR) is 54.2 cm³/mol. The Labute approximate surface area is 82.5 Å². The molecule has 0 aliphatic carbocycles. The highest BCUT2D eigenvalue weighted by molar-refractivity contribution is 5.76. The molecule has 4 heteroatoms. The summed E-state index contributed by atoms with van der Waals surface area (Å²) in [6.07, 6.45) is 0. The maximum Gasteiger partial charge on any atom is 0.231 e. The van der Waals surface area contributed by atoms with Crippen LogP contribution in [0.25, 0.3) is 0 Å². The van der Waals surface area contributed by atoms with Gasteiger partial charge in [0.15, 0.2) is 0 Å². The van der Waals surface area contributed by atoms with Gasteiger partial charge in [0, 0.05) is 18.8 Å². The minimum absolute atomic E-state index is 0.286. The van der Waals surface area contributed by atoms with Crippen LogP contribution in [0, 0.1) is 0 Å². The topological polar surface area (TPSA) is 72.4 Å². The number of primary amides is 1. The first-order chi connectivity index (χ1) is 6.65. The summed E-state index contributed by atoms with van der Waals surface area (Å²) in [5.41, 5.74) is 14.0. The Balaban J connectivity index is 2.14. The third kappa shape index (κ3) is 1.70. The second-order valence-corrected chi connectivity index (χ2v) is 3.64. The van der Waals surface area contributed by atoms with Gasteiger partial charge in [-0.15, -0.1) is 0 Å². The third-order valence-corrected chi connectivity index (χ3v) is 2.40. The van der Waals surface area contributed by atoms with Crippen molar-refractivity contribution in [2.75, 3.05) is 12.3 Å². The summed E-state index contributed by atoms with van der Waals surface area (Å²) in [6, 6.07) is 5.84. The molecule has 0 saturated heterocycles. The van der Waals surface area contributed by atoms with Crippen LogP contribution in [0.2, 0.25) is 0 Å². The first kappa shape index (κ1) is 9.02. The molecular formula is C10H13N3O. The van der Waals surface area contributed by atoms with Gasteiger partial charge in [0.05, 0.1) is 6.54 Å². The highest BCUT2D eigenvalue weighted by Crippen LogP contribution is 2.23. The van der Waals surface area contributed by atoms with Gasteiger partial charge < -0.3 is 11.5 Å². The molecule has 1 amide bonds. The van der Waals surface area contributed by atoms with Crippen LogP contribution >= 0.6 is 0 Å². The van der Waals surface area contributed by atoms with Gasteiger partial charge in [0.2, 0.25) is 5.91 Å². The zero-order valence-electron chi connectivity index (χ0n) is 7.86. The van der Waals surface area contributed by atoms with E-state index < -0.39 is 0 Å². The molecule has 0 bridgehead atoms. The molecule has 4 N–H and O–H groups in total. The Hall–Kier alpha value is -1.55. The second kappa shape index (κ2) is 3.31. The molecule has 1 aromatic carbocycles. The van der Waals surface area contributed by atoms with Gasteiger partial charge in [-0.3, -0.25) is 9.69 Å². The van der Waals surface area contributed by atoms with Crippen LogP contribution in [-0.4, -0.2) is 17.4 Å². The van der Waals surface area contributed by atoms with E-state index in [0.717, 1.165) is 18.8 Å². The number of nitrogen functional groups attached to an aromatic ring is 1. The molecule has 0 spiro atoms. The Morgan fingerprint density at radius 2 is 2.07 bits per heavy atom. The molecule has 1 heterocycles. The van der Waals surface area contributed by atoms with Crippen molar-refractivity contribution in [3.63, 3.8) is 0 Å². The lowest BCUT2D eigenvalue weighted by atomic mass is 10.1. The number of carbonyl (C=O) groups is 1. The lowest BCUT2D eigenvalue weighted by molar-refractivity contribution is -0.119. The monoisotopic (exact) mass is 191 g/mol. The van der Waals surface area contributed by atoms with E-state index in [-0.39, 0.29) is 5.91 Å². The molecule has 0 aromatic heterocycles. The fourth-order valence-corrected chi connectivity index (χ4v) is 1.82. The lowest BCUT2D eigenvalue weighted by Gasteiger charge is -2.10. The van der Waals surface area contributed by atoms with Gasteiger partial charge in [-0.05, 0) is 23.3 Å². The molecule has 14 heavy (non-hydrogen) atoms. The number of rotatable bonds is 2. The van der Waals surface area contributed by atoms with Gasteiger partial charge >= 0.3 is 0 Å². The molecule has 0 saturated carbocycles. The predicted octanol–water partition coefficient (Wildman–Crippen LogP) is 0.0697. The average molecular weight is 191 g/mol. The van der Waals surface area contributed by atoms with E-state index >= 15 is 0 Å². The minimum Gasteiger partial charge on any atom is -0.399 e. The van der Waals surface area contributed by atoms with Crippen LogP contribution in [0.5, 0.6) is 0 Å². The molecule has 2 rings (SSSR count). The van der Waals surface area contributed by atoms with E-state index in [1.54, 1.807) is 0 Å². The van der Waals surface area contributed by atoms with Crippen molar-refractivity contribution in [3.05, 3.63) is 29.3 Å². The number of benzene rings is 1. The molecule has 0 unspecified atom stereocenters. The van der Waals surface area contributed by atoms with Crippen molar-refractivity contribution >= 4 is 11.6 Å². The van der Waals surface area contributed by atoms with E-state index in [2.05, 4.69) is 0 Å². The first-order valence-electron chi connectivity index (χ1n) is 4.53. The molecule has 0 radical (unpaired) electrons. The summed E-state index contributed by atoms with van der Waals surface area (Å²) >= 11 is 0. The minimum atomic E-state index is -0.286. The summed E-state index contributed by atoms with van der Waals surface area (Å²) in [6.45, 7) is 1.87. The summed E-state index contributed by atoms with van der Waals surface area (Å²) < 4.78 is 0. The zero-order chi connectivity index (χ0) is 10.1. The maximum atomic E-state index is 10.7. The van der Waals surface area contributed by atoms with E-state index in [9.17, 15) is 4.79 Å². The molecule has 1 aliphatic rings. The van der Waals surface area contributed by atoms with Crippen LogP contribution in [0.4, 0.5) is 5.69 Å². The van der Waals surface area contributed by atoms with E-state index in [4.69, 9.17) is 11.5 Å². The van der Waals surface area contributed by atoms with E-state index in [0.29, 0.717) is 6.54 Å². The fraction of sp³-hybridized carbons (Fsp3) is 0.300. The maximum absolute atomic E-state index is 10.7. The highest BCUT2D eigenvalue weighted by atomic mass is 16.1. The van der Waals surface area contributed by atoms with Gasteiger partial charge in [-0.1, -0.05) is 6.07 Å². The van der Waals surface area contributed by atoms with E-state index in [1.807, 2.05) is 23.1 Å². The Morgan fingerprint density at radius 3 is 2.79 bits per heavy atom. The first-order valence-corrected chi connectivity index (χ1v) is 4.53. The number of amides is 1. The van der Waals surface area contributed by atoms with Crippen molar-refractivity contribution in [2.45, 2.75) is 13.1 Å². The quantitative estimate of drug-likeness (QED) is 0.650. The van der Waals surface area contributed by atoms with Crippen molar-refractivity contribution in [2.24, 2.45) is 5.73 Å². The lowest BCUT2D eigenvalue weighted by Crippen LogP contribution is -2.29. The fourth-order valence-electron chi connectivity index (χ4n) is 1.82. The van der Waals surface area contributed by atoms with Gasteiger partial charge in [0.1, 0.15) is 0 Å². The number of carbonyl (C=O) groups excluding carboxylic acids is 1. The number of nitrogens with two attached hydrogens (primary N) is 2. The summed E-state index contributed by atoms with van der Waals surface area (Å²) in [5, 5.41) is 0. The average Bonchev–Trinajstić information content (AvgIpc) is 2.44. The molecule has 1 aliphatic heterocycles. The van der Waals surface area contributed by atoms with Gasteiger partial charge in [-0.25, -0.2) is 0 Å². The number of fused-ring (bicyclic) bond motifs is 1. The standard InChI is InChI=1S/C10H13N3O/c11-9-2-1-7-4-13(6-10(12)14)5-8(7)3-9/h1-3H,4-6,11H2,(H2,12,14). The zero-order valence-corrected chi connectivity index (χ0v) is 7.86. The number of hydrogen-bond donors (Lipinski definition) is 2. The molecule has 74 valence electrons. The molecule has 1 aromatic rings. The van der Waals surface area contributed by atoms with Crippen LogP contribution in [0.15, 0.2) is 18.2 Å². The smallest absolute Gasteiger partial charge is 0.231 e. The van der Waals surface area contributed by atoms with Crippen LogP contribution in [-0.2, 0) is 17.9 Å². The van der Waals surface area contributed by atoms with Crippen LogP contribution in [0.1, 0.15) is 11.1 Å². The van der Waals surface area contributed by atoms with Crippen LogP contribution < -0.4 is 11.5 Å². The Morgan fingerprint density at radius 1 is 1.36 bits per heavy atom. The number of anilines is 1. The van der Waals surface area contributed by atoms with Gasteiger partial charge in [-0.2, -0.15) is 0 Å². The molecule has 4 nitrogen and oxygen atoms in total. The van der Waals surface area contributed by atoms with Crippen molar-refractivity contribution < 1.29 is 4.79 Å². The van der Waals surface area contributed by atoms with E-state index in [1.165, 1.54) is 11.1 Å². The molecular weight excluding hydrogens is 178 g/mol. The highest BCUT2D eigenvalue weighted by Gasteiger charge is 2.19. The summed E-state index contributed by atoms with van der Waals surface area (Å²) in [7, 11) is 0. The SMILES string of the molecule is NC(=O)CN1Cc2ccc(N)cc2C1. The summed E-state index contributed by atoms with van der Waals surface area (Å²) in [5.74, 6) is -0.286. The second-order valence-electron chi connectivity index (χ2n) is 3.64. The van der Waals surface area contributed by atoms with Crippen molar-refractivity contribution in [1.82, 2.24) is 4.90 Å². The third-order valence-electron chi connectivity index (χ3n) is 2.40. The normalized spacial score (nSPS) is 15.4. The van der Waals surface area contributed by atoms with Crippen LogP contribution in [0.3, 0.4) is 0 Å². The largest absolute Gasteiger partial charge is 0.399 e. The van der Waals surface area contributed by atoms with Gasteiger partial charge in [0.25, 0.3) is 0 Å². The summed E-state index contributed by atoms with van der Waals surface area (Å²) in [4.78, 5) is 12.7. The van der Waals surface area contributed by atoms with Crippen molar-refractivity contribution in [1.29, 1.82) is 0 Å². The van der Waals surface area contributed by atoms with Crippen molar-refractivity contribution in [3.8, 4) is 0 Å². The Bertz CT molecular complexity index is 376. The molecule has 0 fully saturated rings. The number of hydrogen-bond acceptors (Lipinski definition) is 3.